The predicted molar refractivity (Wildman–Crippen MR) is 56.4 cm³/mol. The molecule has 0 saturated heterocycles. The average Bonchev–Trinajstić information content (AvgIpc) is 2.22. The number of rotatable bonds is 3. The molecular formula is C11H16O2. The number of ether oxygens (including phenoxy) is 1. The van der Waals surface area contributed by atoms with Gasteiger partial charge in [0.2, 0.25) is 0 Å². The third kappa shape index (κ3) is 8.34. The number of hydrogen-bond acceptors (Lipinski definition) is 2. The maximum Gasteiger partial charge on any atom is 0.330 e. The van der Waals surface area contributed by atoms with Gasteiger partial charge < -0.3 is 4.74 Å². The molecule has 0 aliphatic carbocycles. The molecule has 0 fully saturated rings. The molecule has 0 N–H and O–H groups in total. The molecule has 13 heavy (non-hydrogen) atoms. The lowest BCUT2D eigenvalue weighted by atomic mass is 10.2. The van der Waals surface area contributed by atoms with Gasteiger partial charge in [-0.2, -0.15) is 0 Å². The second-order valence-corrected chi connectivity index (χ2v) is 1.85. The molecule has 0 saturated carbocycles. The molecule has 0 bridgehead atoms. The van der Waals surface area contributed by atoms with E-state index < -0.39 is 0 Å². The van der Waals surface area contributed by atoms with E-state index in [4.69, 9.17) is 0 Å². The molecule has 0 rings (SSSR count). The van der Waals surface area contributed by atoms with Crippen LogP contribution in [0, 0.1) is 0 Å². The van der Waals surface area contributed by atoms with Crippen molar-refractivity contribution in [2.45, 2.75) is 6.92 Å². The van der Waals surface area contributed by atoms with Crippen LogP contribution in [0.4, 0.5) is 0 Å². The van der Waals surface area contributed by atoms with Crippen LogP contribution in [-0.4, -0.2) is 13.1 Å². The highest BCUT2D eigenvalue weighted by atomic mass is 16.5. The molecule has 72 valence electrons. The van der Waals surface area contributed by atoms with Crippen LogP contribution in [0.2, 0.25) is 0 Å². The molecule has 0 radical (unpaired) electrons. The zero-order valence-electron chi connectivity index (χ0n) is 8.25. The molecule has 0 aliphatic heterocycles. The smallest absolute Gasteiger partial charge is 0.330 e. The first-order valence-corrected chi connectivity index (χ1v) is 3.79. The fourth-order valence-electron chi connectivity index (χ4n) is 0.514. The third-order valence-electron chi connectivity index (χ3n) is 1.18. The average molecular weight is 180 g/mol. The van der Waals surface area contributed by atoms with Crippen LogP contribution < -0.4 is 0 Å². The van der Waals surface area contributed by atoms with E-state index in [9.17, 15) is 4.79 Å². The minimum atomic E-state index is -0.355. The van der Waals surface area contributed by atoms with E-state index in [1.165, 1.54) is 13.2 Å². The monoisotopic (exact) mass is 180 g/mol. The first-order valence-electron chi connectivity index (χ1n) is 3.79. The van der Waals surface area contributed by atoms with Crippen molar-refractivity contribution in [1.29, 1.82) is 0 Å². The summed E-state index contributed by atoms with van der Waals surface area (Å²) < 4.78 is 4.40. The Morgan fingerprint density at radius 1 is 1.31 bits per heavy atom. The van der Waals surface area contributed by atoms with Gasteiger partial charge in [-0.1, -0.05) is 18.7 Å². The van der Waals surface area contributed by atoms with E-state index in [-0.39, 0.29) is 5.97 Å². The highest BCUT2D eigenvalue weighted by molar-refractivity contribution is 5.82. The van der Waals surface area contributed by atoms with E-state index in [0.29, 0.717) is 0 Å². The van der Waals surface area contributed by atoms with Crippen molar-refractivity contribution >= 4 is 5.97 Å². The second kappa shape index (κ2) is 10.4. The molecule has 0 unspecified atom stereocenters. The van der Waals surface area contributed by atoms with Crippen molar-refractivity contribution in [3.63, 3.8) is 0 Å². The Bertz CT molecular complexity index is 212. The Balaban J connectivity index is 0. The van der Waals surface area contributed by atoms with Gasteiger partial charge in [0.25, 0.3) is 0 Å². The van der Waals surface area contributed by atoms with Crippen LogP contribution in [0.25, 0.3) is 0 Å². The van der Waals surface area contributed by atoms with Crippen LogP contribution >= 0.6 is 0 Å². The summed E-state index contributed by atoms with van der Waals surface area (Å²) in [4.78, 5) is 10.6. The van der Waals surface area contributed by atoms with Crippen LogP contribution in [0.5, 0.6) is 0 Å². The highest BCUT2D eigenvalue weighted by Crippen LogP contribution is 1.96. The summed E-state index contributed by atoms with van der Waals surface area (Å²) in [6.45, 7) is 11.4. The van der Waals surface area contributed by atoms with Gasteiger partial charge in [0, 0.05) is 6.08 Å². The molecule has 2 nitrogen and oxygen atoms in total. The number of allylic oxidation sites excluding steroid dienone is 4. The van der Waals surface area contributed by atoms with Gasteiger partial charge in [-0.15, -0.1) is 13.2 Å². The Hall–Kier alpha value is -1.57. The summed E-state index contributed by atoms with van der Waals surface area (Å²) in [5, 5.41) is 0. The van der Waals surface area contributed by atoms with Crippen molar-refractivity contribution in [3.05, 3.63) is 49.6 Å². The first-order chi connectivity index (χ1) is 6.24. The molecule has 0 heterocycles. The third-order valence-corrected chi connectivity index (χ3v) is 1.18. The normalized spacial score (nSPS) is 10.2. The Morgan fingerprint density at radius 2 is 1.85 bits per heavy atom. The Labute approximate surface area is 79.9 Å². The van der Waals surface area contributed by atoms with E-state index in [1.807, 2.05) is 13.0 Å². The van der Waals surface area contributed by atoms with Gasteiger partial charge >= 0.3 is 5.97 Å². The van der Waals surface area contributed by atoms with E-state index in [1.54, 1.807) is 12.2 Å². The highest BCUT2D eigenvalue weighted by Gasteiger charge is 1.89. The van der Waals surface area contributed by atoms with Gasteiger partial charge in [-0.25, -0.2) is 4.79 Å². The van der Waals surface area contributed by atoms with Crippen molar-refractivity contribution < 1.29 is 9.53 Å². The van der Waals surface area contributed by atoms with Gasteiger partial charge in [-0.05, 0) is 18.6 Å². The van der Waals surface area contributed by atoms with Crippen molar-refractivity contribution in [2.24, 2.45) is 0 Å². The first kappa shape index (κ1) is 14.0. The van der Waals surface area contributed by atoms with E-state index in [2.05, 4.69) is 24.5 Å². The maximum absolute atomic E-state index is 10.6. The van der Waals surface area contributed by atoms with Crippen molar-refractivity contribution in [2.75, 3.05) is 7.11 Å². The molecule has 0 aliphatic rings. The van der Waals surface area contributed by atoms with Crippen LogP contribution in [0.3, 0.4) is 0 Å². The van der Waals surface area contributed by atoms with Crippen molar-refractivity contribution in [3.8, 4) is 0 Å². The molecule has 2 heteroatoms. The SMILES string of the molecule is C=C.C=CC(/C=C/C(=O)OC)=C\C. The molecule has 0 aromatic heterocycles. The summed E-state index contributed by atoms with van der Waals surface area (Å²) in [6.07, 6.45) is 6.53. The predicted octanol–water partition coefficient (Wildman–Crippen LogP) is 2.65. The van der Waals surface area contributed by atoms with E-state index in [0.717, 1.165) is 5.57 Å². The van der Waals surface area contributed by atoms with Gasteiger partial charge in [-0.3, -0.25) is 0 Å². The minimum absolute atomic E-state index is 0.355. The number of methoxy groups -OCH3 is 1. The summed E-state index contributed by atoms with van der Waals surface area (Å²) in [5.41, 5.74) is 0.899. The van der Waals surface area contributed by atoms with Gasteiger partial charge in [0.05, 0.1) is 7.11 Å². The Morgan fingerprint density at radius 3 is 2.15 bits per heavy atom. The Kier molecular flexibility index (Phi) is 11.2. The van der Waals surface area contributed by atoms with Gasteiger partial charge in [0.1, 0.15) is 0 Å². The van der Waals surface area contributed by atoms with Gasteiger partial charge in [0.15, 0.2) is 0 Å². The topological polar surface area (TPSA) is 26.3 Å². The lowest BCUT2D eigenvalue weighted by molar-refractivity contribution is -0.134. The van der Waals surface area contributed by atoms with E-state index >= 15 is 0 Å². The molecular weight excluding hydrogens is 164 g/mol. The fraction of sp³-hybridized carbons (Fsp3) is 0.182. The molecule has 0 aromatic rings. The minimum Gasteiger partial charge on any atom is -0.466 e. The number of hydrogen-bond donors (Lipinski definition) is 0. The number of carbonyl (C=O) groups is 1. The number of carbonyl (C=O) groups excluding carboxylic acids is 1. The lowest BCUT2D eigenvalue weighted by Gasteiger charge is -1.90. The van der Waals surface area contributed by atoms with Crippen LogP contribution in [0.15, 0.2) is 49.6 Å². The molecule has 0 atom stereocenters. The summed E-state index contributed by atoms with van der Waals surface area (Å²) in [5.74, 6) is -0.355. The summed E-state index contributed by atoms with van der Waals surface area (Å²) >= 11 is 0. The second-order valence-electron chi connectivity index (χ2n) is 1.85. The summed E-state index contributed by atoms with van der Waals surface area (Å²) in [7, 11) is 1.34. The largest absolute Gasteiger partial charge is 0.466 e. The molecule has 0 spiro atoms. The number of esters is 1. The quantitative estimate of drug-likeness (QED) is 0.289. The molecule has 0 aromatic carbocycles. The van der Waals surface area contributed by atoms with Crippen LogP contribution in [0.1, 0.15) is 6.92 Å². The maximum atomic E-state index is 10.6. The summed E-state index contributed by atoms with van der Waals surface area (Å²) in [6, 6.07) is 0. The zero-order chi connectivity index (χ0) is 10.7. The van der Waals surface area contributed by atoms with Crippen LogP contribution in [-0.2, 0) is 9.53 Å². The standard InChI is InChI=1S/C9H12O2.C2H4/c1-4-8(5-2)6-7-9(10)11-3;1-2/h4-7H,1H2,2-3H3;1-2H2/b7-6+,8-5+;. The zero-order valence-corrected chi connectivity index (χ0v) is 8.25. The fourth-order valence-corrected chi connectivity index (χ4v) is 0.514. The lowest BCUT2D eigenvalue weighted by Crippen LogP contribution is -1.93. The van der Waals surface area contributed by atoms with Crippen molar-refractivity contribution in [1.82, 2.24) is 0 Å². The molecule has 0 amide bonds.